The number of benzene rings is 1. The average Bonchev–Trinajstić information content (AvgIpc) is 3.08. The van der Waals surface area contributed by atoms with Gasteiger partial charge >= 0.3 is 6.18 Å². The predicted molar refractivity (Wildman–Crippen MR) is 116 cm³/mol. The first kappa shape index (κ1) is 22.4. The van der Waals surface area contributed by atoms with Crippen molar-refractivity contribution in [2.45, 2.75) is 63.6 Å². The van der Waals surface area contributed by atoms with Crippen LogP contribution in [0.3, 0.4) is 0 Å². The van der Waals surface area contributed by atoms with Gasteiger partial charge in [0, 0.05) is 56.9 Å². The van der Waals surface area contributed by atoms with Crippen LogP contribution in [-0.4, -0.2) is 61.0 Å². The van der Waals surface area contributed by atoms with Crippen molar-refractivity contribution in [1.82, 2.24) is 9.80 Å². The fraction of sp³-hybridized carbons (Fsp3) is 0.708. The third-order valence-electron chi connectivity index (χ3n) is 7.28. The summed E-state index contributed by atoms with van der Waals surface area (Å²) >= 11 is 0. The molecule has 0 N–H and O–H groups in total. The molecule has 4 rings (SSSR count). The van der Waals surface area contributed by atoms with E-state index < -0.39 is 11.7 Å². The first-order chi connectivity index (χ1) is 14.9. The molecule has 0 unspecified atom stereocenters. The van der Waals surface area contributed by atoms with Crippen LogP contribution >= 0.6 is 0 Å². The molecular weight excluding hydrogens is 403 g/mol. The summed E-state index contributed by atoms with van der Waals surface area (Å²) in [6, 6.07) is 6.00. The van der Waals surface area contributed by atoms with E-state index in [4.69, 9.17) is 0 Å². The van der Waals surface area contributed by atoms with Gasteiger partial charge < -0.3 is 9.80 Å². The second kappa shape index (κ2) is 9.80. The highest BCUT2D eigenvalue weighted by Gasteiger charge is 2.34. The maximum absolute atomic E-state index is 13.1. The lowest BCUT2D eigenvalue weighted by Crippen LogP contribution is -2.56. The Labute approximate surface area is 183 Å². The van der Waals surface area contributed by atoms with Crippen molar-refractivity contribution >= 4 is 11.6 Å². The van der Waals surface area contributed by atoms with Crippen molar-refractivity contribution < 1.29 is 18.0 Å². The van der Waals surface area contributed by atoms with E-state index in [-0.39, 0.29) is 5.92 Å². The van der Waals surface area contributed by atoms with E-state index in [1.807, 2.05) is 4.90 Å². The molecule has 0 radical (unpaired) electrons. The van der Waals surface area contributed by atoms with Crippen LogP contribution in [0, 0.1) is 5.92 Å². The lowest BCUT2D eigenvalue weighted by Gasteiger charge is -2.44. The molecule has 7 heteroatoms. The van der Waals surface area contributed by atoms with Gasteiger partial charge in [0.05, 0.1) is 5.56 Å². The summed E-state index contributed by atoms with van der Waals surface area (Å²) in [5.41, 5.74) is 0.0515. The van der Waals surface area contributed by atoms with Gasteiger partial charge in [0.1, 0.15) is 0 Å². The zero-order chi connectivity index (χ0) is 21.8. The van der Waals surface area contributed by atoms with Gasteiger partial charge in [-0.15, -0.1) is 0 Å². The van der Waals surface area contributed by atoms with Gasteiger partial charge in [0.25, 0.3) is 0 Å². The molecule has 31 heavy (non-hydrogen) atoms. The van der Waals surface area contributed by atoms with Crippen LogP contribution in [0.4, 0.5) is 18.9 Å². The number of likely N-dealkylation sites (tertiary alicyclic amines) is 1. The Morgan fingerprint density at radius 1 is 0.871 bits per heavy atom. The molecule has 1 atom stereocenters. The van der Waals surface area contributed by atoms with Gasteiger partial charge in [-0.3, -0.25) is 9.69 Å². The van der Waals surface area contributed by atoms with E-state index in [1.165, 1.54) is 37.8 Å². The van der Waals surface area contributed by atoms with E-state index in [2.05, 4.69) is 9.80 Å². The third-order valence-corrected chi connectivity index (χ3v) is 7.28. The molecule has 172 valence electrons. The maximum Gasteiger partial charge on any atom is 0.416 e. The van der Waals surface area contributed by atoms with Gasteiger partial charge in [-0.05, 0) is 43.9 Å². The van der Waals surface area contributed by atoms with Gasteiger partial charge in [0.15, 0.2) is 0 Å². The Morgan fingerprint density at radius 2 is 1.58 bits per heavy atom. The first-order valence-corrected chi connectivity index (χ1v) is 11.9. The highest BCUT2D eigenvalue weighted by Crippen LogP contribution is 2.32. The number of rotatable bonds is 3. The van der Waals surface area contributed by atoms with Crippen LogP contribution in [0.5, 0.6) is 0 Å². The summed E-state index contributed by atoms with van der Waals surface area (Å²) < 4.78 is 39.1. The van der Waals surface area contributed by atoms with Crippen molar-refractivity contribution in [2.24, 2.45) is 5.92 Å². The van der Waals surface area contributed by atoms with Crippen LogP contribution in [0.2, 0.25) is 0 Å². The summed E-state index contributed by atoms with van der Waals surface area (Å²) in [4.78, 5) is 19.7. The summed E-state index contributed by atoms with van der Waals surface area (Å²) in [5, 5.41) is 0. The number of hydrogen-bond donors (Lipinski definition) is 0. The maximum atomic E-state index is 13.1. The van der Waals surface area contributed by atoms with Crippen molar-refractivity contribution in [3.8, 4) is 0 Å². The molecular formula is C24H34F3N3O. The molecule has 1 aromatic rings. The molecule has 2 heterocycles. The Hall–Kier alpha value is -1.76. The highest BCUT2D eigenvalue weighted by atomic mass is 19.4. The molecule has 0 spiro atoms. The molecule has 3 aliphatic rings. The molecule has 4 nitrogen and oxygen atoms in total. The number of nitrogens with zero attached hydrogens (tertiary/aromatic N) is 3. The number of piperazine rings is 1. The summed E-state index contributed by atoms with van der Waals surface area (Å²) in [6.45, 7) is 4.76. The normalized spacial score (nSPS) is 24.8. The fourth-order valence-corrected chi connectivity index (χ4v) is 5.46. The lowest BCUT2D eigenvalue weighted by atomic mass is 9.96. The molecule has 1 aliphatic carbocycles. The van der Waals surface area contributed by atoms with Crippen LogP contribution in [0.1, 0.15) is 56.9 Å². The number of carbonyl (C=O) groups excluding carboxylic acids is 1. The second-order valence-corrected chi connectivity index (χ2v) is 9.34. The number of alkyl halides is 3. The third kappa shape index (κ3) is 5.54. The fourth-order valence-electron chi connectivity index (χ4n) is 5.46. The minimum absolute atomic E-state index is 0.207. The van der Waals surface area contributed by atoms with E-state index in [1.54, 1.807) is 6.07 Å². The van der Waals surface area contributed by atoms with Crippen molar-refractivity contribution in [2.75, 3.05) is 44.2 Å². The number of anilines is 1. The standard InChI is InChI=1S/C24H34F3N3O/c25-24(26,27)20-9-5-10-21(17-20)28-13-15-29(16-14-28)22-11-6-12-30(18-22)23(31)19-7-3-1-2-4-8-19/h5,9-10,17,19,22H,1-4,6-8,11-16,18H2/t22-/m0/s1. The zero-order valence-corrected chi connectivity index (χ0v) is 18.2. The van der Waals surface area contributed by atoms with Crippen molar-refractivity contribution in [1.29, 1.82) is 0 Å². The monoisotopic (exact) mass is 437 g/mol. The Balaban J connectivity index is 1.32. The van der Waals surface area contributed by atoms with Gasteiger partial charge in [-0.1, -0.05) is 31.7 Å². The van der Waals surface area contributed by atoms with Crippen LogP contribution in [-0.2, 0) is 11.0 Å². The molecule has 1 aromatic carbocycles. The summed E-state index contributed by atoms with van der Waals surface area (Å²) in [6.07, 6.45) is 4.75. The smallest absolute Gasteiger partial charge is 0.369 e. The minimum atomic E-state index is -4.31. The van der Waals surface area contributed by atoms with Crippen molar-refractivity contribution in [3.63, 3.8) is 0 Å². The number of carbonyl (C=O) groups is 1. The van der Waals surface area contributed by atoms with E-state index in [0.29, 0.717) is 30.7 Å². The van der Waals surface area contributed by atoms with Crippen LogP contribution in [0.25, 0.3) is 0 Å². The number of amides is 1. The van der Waals surface area contributed by atoms with Gasteiger partial charge in [-0.25, -0.2) is 0 Å². The summed E-state index contributed by atoms with van der Waals surface area (Å²) in [7, 11) is 0. The zero-order valence-electron chi connectivity index (χ0n) is 18.2. The Kier molecular flexibility index (Phi) is 7.09. The summed E-state index contributed by atoms with van der Waals surface area (Å²) in [5.74, 6) is 0.563. The topological polar surface area (TPSA) is 26.8 Å². The van der Waals surface area contributed by atoms with Crippen LogP contribution in [0.15, 0.2) is 24.3 Å². The largest absolute Gasteiger partial charge is 0.416 e. The van der Waals surface area contributed by atoms with E-state index >= 15 is 0 Å². The van der Waals surface area contributed by atoms with Crippen molar-refractivity contribution in [3.05, 3.63) is 29.8 Å². The molecule has 2 aliphatic heterocycles. The van der Waals surface area contributed by atoms with Gasteiger partial charge in [-0.2, -0.15) is 13.2 Å². The molecule has 1 saturated carbocycles. The molecule has 0 aromatic heterocycles. The van der Waals surface area contributed by atoms with E-state index in [9.17, 15) is 18.0 Å². The van der Waals surface area contributed by atoms with Crippen LogP contribution < -0.4 is 4.90 Å². The molecule has 1 amide bonds. The van der Waals surface area contributed by atoms with Gasteiger partial charge in [0.2, 0.25) is 5.91 Å². The number of piperidine rings is 1. The van der Waals surface area contributed by atoms with E-state index in [0.717, 1.165) is 57.9 Å². The first-order valence-electron chi connectivity index (χ1n) is 11.9. The molecule has 3 fully saturated rings. The predicted octanol–water partition coefficient (Wildman–Crippen LogP) is 4.79. The molecule has 2 saturated heterocycles. The lowest BCUT2D eigenvalue weighted by molar-refractivity contribution is -0.138. The SMILES string of the molecule is O=C(C1CCCCCC1)N1CCC[C@H](N2CCN(c3cccc(C(F)(F)F)c3)CC2)C1. The Morgan fingerprint density at radius 3 is 2.26 bits per heavy atom. The Bertz CT molecular complexity index is 738. The number of hydrogen-bond acceptors (Lipinski definition) is 3. The number of halogens is 3. The second-order valence-electron chi connectivity index (χ2n) is 9.34. The quantitative estimate of drug-likeness (QED) is 0.637. The highest BCUT2D eigenvalue weighted by molar-refractivity contribution is 5.79. The average molecular weight is 438 g/mol. The molecule has 0 bridgehead atoms. The minimum Gasteiger partial charge on any atom is -0.369 e.